The number of nitrogens with zero attached hydrogens (tertiary/aromatic N) is 2. The Bertz CT molecular complexity index is 319. The number of nitrogens with two attached hydrogens (primary N) is 1. The molecule has 1 amide bonds. The van der Waals surface area contributed by atoms with E-state index in [1.807, 2.05) is 0 Å². The monoisotopic (exact) mass is 210 g/mol. The Morgan fingerprint density at radius 3 is 2.93 bits per heavy atom. The summed E-state index contributed by atoms with van der Waals surface area (Å²) in [5.41, 5.74) is 6.21. The van der Waals surface area contributed by atoms with Crippen LogP contribution < -0.4 is 11.1 Å². The van der Waals surface area contributed by atoms with Gasteiger partial charge in [0.2, 0.25) is 5.91 Å². The molecular weight excluding hydrogens is 192 g/mol. The molecule has 0 aliphatic rings. The van der Waals surface area contributed by atoms with E-state index in [2.05, 4.69) is 24.1 Å². The molecule has 0 saturated carbocycles. The average Bonchev–Trinajstić information content (AvgIpc) is 2.62. The van der Waals surface area contributed by atoms with E-state index in [0.717, 1.165) is 5.69 Å². The third kappa shape index (κ3) is 4.12. The highest BCUT2D eigenvalue weighted by molar-refractivity contribution is 5.75. The van der Waals surface area contributed by atoms with Gasteiger partial charge in [0, 0.05) is 19.3 Å². The molecule has 0 bridgehead atoms. The fourth-order valence-electron chi connectivity index (χ4n) is 1.14. The quantitative estimate of drug-likeness (QED) is 0.724. The van der Waals surface area contributed by atoms with Crippen LogP contribution in [0.25, 0.3) is 0 Å². The Morgan fingerprint density at radius 2 is 2.40 bits per heavy atom. The Morgan fingerprint density at radius 1 is 1.67 bits per heavy atom. The predicted molar refractivity (Wildman–Crippen MR) is 58.0 cm³/mol. The van der Waals surface area contributed by atoms with Gasteiger partial charge in [-0.15, -0.1) is 0 Å². The van der Waals surface area contributed by atoms with Crippen LogP contribution >= 0.6 is 0 Å². The summed E-state index contributed by atoms with van der Waals surface area (Å²) < 4.78 is 1.73. The molecule has 0 unspecified atom stereocenters. The molecule has 0 spiro atoms. The van der Waals surface area contributed by atoms with Crippen molar-refractivity contribution in [2.24, 2.45) is 11.7 Å². The molecule has 5 nitrogen and oxygen atoms in total. The van der Waals surface area contributed by atoms with E-state index in [1.165, 1.54) is 0 Å². The Hall–Kier alpha value is -1.36. The maximum atomic E-state index is 11.4. The molecule has 1 aromatic rings. The van der Waals surface area contributed by atoms with Gasteiger partial charge < -0.3 is 15.6 Å². The fraction of sp³-hybridized carbons (Fsp3) is 0.600. The normalized spacial score (nSPS) is 10.7. The summed E-state index contributed by atoms with van der Waals surface area (Å²) in [5.74, 6) is 0.473. The summed E-state index contributed by atoms with van der Waals surface area (Å²) in [4.78, 5) is 15.5. The highest BCUT2D eigenvalue weighted by Crippen LogP contribution is 1.94. The topological polar surface area (TPSA) is 72.9 Å². The Labute approximate surface area is 89.7 Å². The van der Waals surface area contributed by atoms with Crippen LogP contribution in [-0.2, 0) is 17.9 Å². The Kier molecular flexibility index (Phi) is 4.30. The first-order valence-electron chi connectivity index (χ1n) is 5.09. The average molecular weight is 210 g/mol. The van der Waals surface area contributed by atoms with Crippen LogP contribution in [0.15, 0.2) is 12.5 Å². The van der Waals surface area contributed by atoms with Gasteiger partial charge in [-0.1, -0.05) is 13.8 Å². The van der Waals surface area contributed by atoms with E-state index in [9.17, 15) is 4.79 Å². The van der Waals surface area contributed by atoms with E-state index in [-0.39, 0.29) is 5.91 Å². The van der Waals surface area contributed by atoms with E-state index >= 15 is 0 Å². The molecule has 5 heteroatoms. The molecule has 0 aromatic carbocycles. The van der Waals surface area contributed by atoms with Crippen molar-refractivity contribution in [3.8, 4) is 0 Å². The maximum absolute atomic E-state index is 11.4. The van der Waals surface area contributed by atoms with Crippen molar-refractivity contribution in [3.05, 3.63) is 18.2 Å². The lowest BCUT2D eigenvalue weighted by Crippen LogP contribution is -2.30. The molecule has 3 N–H and O–H groups in total. The van der Waals surface area contributed by atoms with Crippen molar-refractivity contribution >= 4 is 5.91 Å². The minimum absolute atomic E-state index is 0.00433. The minimum Gasteiger partial charge on any atom is -0.354 e. The number of carbonyl (C=O) groups is 1. The van der Waals surface area contributed by atoms with Crippen molar-refractivity contribution in [1.29, 1.82) is 0 Å². The second-order valence-corrected chi connectivity index (χ2v) is 3.94. The van der Waals surface area contributed by atoms with Gasteiger partial charge in [0.15, 0.2) is 0 Å². The first-order valence-corrected chi connectivity index (χ1v) is 5.09. The molecule has 0 fully saturated rings. The van der Waals surface area contributed by atoms with Crippen LogP contribution in [0.4, 0.5) is 0 Å². The van der Waals surface area contributed by atoms with Gasteiger partial charge in [0.1, 0.15) is 6.54 Å². The molecule has 84 valence electrons. The summed E-state index contributed by atoms with van der Waals surface area (Å²) in [6, 6.07) is 0. The molecule has 0 atom stereocenters. The first kappa shape index (κ1) is 11.7. The van der Waals surface area contributed by atoms with Crippen molar-refractivity contribution in [2.75, 3.05) is 6.54 Å². The summed E-state index contributed by atoms with van der Waals surface area (Å²) in [7, 11) is 0. The van der Waals surface area contributed by atoms with Crippen molar-refractivity contribution < 1.29 is 4.79 Å². The molecule has 0 radical (unpaired) electrons. The smallest absolute Gasteiger partial charge is 0.239 e. The van der Waals surface area contributed by atoms with E-state index in [0.29, 0.717) is 25.6 Å². The van der Waals surface area contributed by atoms with Crippen molar-refractivity contribution in [1.82, 2.24) is 14.9 Å². The molecule has 0 aliphatic heterocycles. The molecular formula is C10H18N4O. The van der Waals surface area contributed by atoms with Crippen molar-refractivity contribution in [3.63, 3.8) is 0 Å². The van der Waals surface area contributed by atoms with Gasteiger partial charge in [0.05, 0.1) is 12.0 Å². The van der Waals surface area contributed by atoms with E-state index in [4.69, 9.17) is 5.73 Å². The Balaban J connectivity index is 2.37. The van der Waals surface area contributed by atoms with E-state index < -0.39 is 0 Å². The van der Waals surface area contributed by atoms with Gasteiger partial charge >= 0.3 is 0 Å². The van der Waals surface area contributed by atoms with Crippen LogP contribution in [0.1, 0.15) is 19.5 Å². The number of carbonyl (C=O) groups excluding carboxylic acids is 1. The summed E-state index contributed by atoms with van der Waals surface area (Å²) in [6.07, 6.45) is 3.41. The second kappa shape index (κ2) is 5.50. The number of nitrogens with one attached hydrogen (secondary N) is 1. The zero-order chi connectivity index (χ0) is 11.3. The van der Waals surface area contributed by atoms with Crippen LogP contribution in [-0.4, -0.2) is 22.0 Å². The number of hydrogen-bond acceptors (Lipinski definition) is 3. The number of imidazole rings is 1. The minimum atomic E-state index is 0.00433. The molecule has 1 aromatic heterocycles. The van der Waals surface area contributed by atoms with Gasteiger partial charge in [0.25, 0.3) is 0 Å². The molecule has 0 aliphatic carbocycles. The van der Waals surface area contributed by atoms with Crippen LogP contribution in [0.5, 0.6) is 0 Å². The molecule has 1 rings (SSSR count). The van der Waals surface area contributed by atoms with Gasteiger partial charge in [-0.05, 0) is 5.92 Å². The predicted octanol–water partition coefficient (Wildman–Crippen LogP) is 0.114. The van der Waals surface area contributed by atoms with Crippen LogP contribution in [0.3, 0.4) is 0 Å². The number of rotatable bonds is 5. The molecule has 0 saturated heterocycles. The number of amides is 1. The lowest BCUT2D eigenvalue weighted by Gasteiger charge is -2.07. The summed E-state index contributed by atoms with van der Waals surface area (Å²) in [6.45, 7) is 5.53. The van der Waals surface area contributed by atoms with Crippen LogP contribution in [0.2, 0.25) is 0 Å². The third-order valence-corrected chi connectivity index (χ3v) is 1.93. The lowest BCUT2D eigenvalue weighted by molar-refractivity contribution is -0.121. The summed E-state index contributed by atoms with van der Waals surface area (Å²) >= 11 is 0. The second-order valence-electron chi connectivity index (χ2n) is 3.94. The standard InChI is InChI=1S/C10H18N4O/c1-8(2)4-12-10(15)6-14-5-9(3-11)13-7-14/h5,7-8H,3-4,6,11H2,1-2H3,(H,12,15). The maximum Gasteiger partial charge on any atom is 0.239 e. The van der Waals surface area contributed by atoms with Gasteiger partial charge in [-0.3, -0.25) is 4.79 Å². The highest BCUT2D eigenvalue weighted by Gasteiger charge is 2.04. The number of hydrogen-bond donors (Lipinski definition) is 2. The third-order valence-electron chi connectivity index (χ3n) is 1.93. The summed E-state index contributed by atoms with van der Waals surface area (Å²) in [5, 5.41) is 2.84. The van der Waals surface area contributed by atoms with Crippen molar-refractivity contribution in [2.45, 2.75) is 26.9 Å². The zero-order valence-corrected chi connectivity index (χ0v) is 9.23. The lowest BCUT2D eigenvalue weighted by atomic mass is 10.2. The van der Waals surface area contributed by atoms with E-state index in [1.54, 1.807) is 17.1 Å². The van der Waals surface area contributed by atoms with Gasteiger partial charge in [-0.25, -0.2) is 4.98 Å². The molecule has 1 heterocycles. The zero-order valence-electron chi connectivity index (χ0n) is 9.23. The fourth-order valence-corrected chi connectivity index (χ4v) is 1.14. The first-order chi connectivity index (χ1) is 7.11. The highest BCUT2D eigenvalue weighted by atomic mass is 16.1. The van der Waals surface area contributed by atoms with Gasteiger partial charge in [-0.2, -0.15) is 0 Å². The van der Waals surface area contributed by atoms with Crippen LogP contribution in [0, 0.1) is 5.92 Å². The SMILES string of the molecule is CC(C)CNC(=O)Cn1cnc(CN)c1. The molecule has 15 heavy (non-hydrogen) atoms. The largest absolute Gasteiger partial charge is 0.354 e. The number of aromatic nitrogens is 2.